The Bertz CT molecular complexity index is 478. The number of amides is 1. The van der Waals surface area contributed by atoms with Crippen molar-refractivity contribution in [2.45, 2.75) is 32.1 Å². The number of carbonyl (C=O) groups is 1. The summed E-state index contributed by atoms with van der Waals surface area (Å²) < 4.78 is 0. The highest BCUT2D eigenvalue weighted by Gasteiger charge is 2.21. The molecular weight excluding hydrogens is 236 g/mol. The van der Waals surface area contributed by atoms with E-state index in [-0.39, 0.29) is 5.91 Å². The number of benzene rings is 1. The van der Waals surface area contributed by atoms with Crippen LogP contribution in [-0.2, 0) is 6.42 Å². The molecule has 3 rings (SSSR count). The summed E-state index contributed by atoms with van der Waals surface area (Å²) in [5, 5.41) is 3.33. The van der Waals surface area contributed by atoms with E-state index < -0.39 is 0 Å². The minimum atomic E-state index is 0.168. The normalized spacial score (nSPS) is 18.2. The molecule has 1 fully saturated rings. The maximum atomic E-state index is 12.4. The molecule has 1 aliphatic heterocycles. The van der Waals surface area contributed by atoms with Crippen molar-refractivity contribution in [3.05, 3.63) is 29.3 Å². The van der Waals surface area contributed by atoms with Crippen LogP contribution in [0, 0.1) is 5.92 Å². The third-order valence-electron chi connectivity index (χ3n) is 4.42. The van der Waals surface area contributed by atoms with Crippen LogP contribution in [0.5, 0.6) is 0 Å². The van der Waals surface area contributed by atoms with Gasteiger partial charge in [-0.25, -0.2) is 0 Å². The molecule has 0 spiro atoms. The summed E-state index contributed by atoms with van der Waals surface area (Å²) in [7, 11) is 1.94. The highest BCUT2D eigenvalue weighted by molar-refractivity contribution is 5.94. The van der Waals surface area contributed by atoms with Crippen molar-refractivity contribution < 1.29 is 4.79 Å². The number of nitrogens with one attached hydrogen (secondary N) is 1. The van der Waals surface area contributed by atoms with Gasteiger partial charge in [-0.05, 0) is 48.9 Å². The van der Waals surface area contributed by atoms with Gasteiger partial charge in [-0.15, -0.1) is 0 Å². The van der Waals surface area contributed by atoms with Crippen LogP contribution in [0.15, 0.2) is 18.2 Å². The summed E-state index contributed by atoms with van der Waals surface area (Å²) in [5.41, 5.74) is 3.30. The lowest BCUT2D eigenvalue weighted by Crippen LogP contribution is -2.31. The molecule has 19 heavy (non-hydrogen) atoms. The monoisotopic (exact) mass is 258 g/mol. The lowest BCUT2D eigenvalue weighted by molar-refractivity contribution is 0.0773. The molecule has 1 aromatic rings. The van der Waals surface area contributed by atoms with E-state index in [0.717, 1.165) is 25.1 Å². The summed E-state index contributed by atoms with van der Waals surface area (Å²) in [4.78, 5) is 14.3. The van der Waals surface area contributed by atoms with Gasteiger partial charge in [0.2, 0.25) is 0 Å². The highest BCUT2D eigenvalue weighted by atomic mass is 16.2. The first-order valence-electron chi connectivity index (χ1n) is 7.36. The zero-order valence-electron chi connectivity index (χ0n) is 11.6. The second-order valence-corrected chi connectivity index (χ2v) is 5.88. The SMILES string of the molecule is CN(CC1CCCC1)C(=O)c1ccc2c(c1)CCN2. The van der Waals surface area contributed by atoms with E-state index in [1.165, 1.54) is 36.9 Å². The number of rotatable bonds is 3. The molecule has 0 atom stereocenters. The van der Waals surface area contributed by atoms with Crippen LogP contribution >= 0.6 is 0 Å². The molecule has 0 radical (unpaired) electrons. The van der Waals surface area contributed by atoms with Gasteiger partial charge in [-0.1, -0.05) is 12.8 Å². The Labute approximate surface area is 115 Å². The standard InChI is InChI=1S/C16H22N2O/c1-18(11-12-4-2-3-5-12)16(19)14-6-7-15-13(10-14)8-9-17-15/h6-7,10,12,17H,2-5,8-9,11H2,1H3. The quantitative estimate of drug-likeness (QED) is 0.904. The molecule has 102 valence electrons. The van der Waals surface area contributed by atoms with Crippen LogP contribution < -0.4 is 5.32 Å². The Morgan fingerprint density at radius 1 is 1.37 bits per heavy atom. The van der Waals surface area contributed by atoms with Gasteiger partial charge in [0.05, 0.1) is 0 Å². The Balaban J connectivity index is 1.68. The van der Waals surface area contributed by atoms with Gasteiger partial charge in [0.1, 0.15) is 0 Å². The molecule has 1 saturated carbocycles. The molecule has 0 bridgehead atoms. The molecule has 1 aromatic carbocycles. The Kier molecular flexibility index (Phi) is 3.45. The van der Waals surface area contributed by atoms with Crippen molar-refractivity contribution in [1.82, 2.24) is 4.90 Å². The van der Waals surface area contributed by atoms with Crippen molar-refractivity contribution in [3.8, 4) is 0 Å². The molecule has 2 aliphatic rings. The zero-order chi connectivity index (χ0) is 13.2. The van der Waals surface area contributed by atoms with Crippen molar-refractivity contribution in [3.63, 3.8) is 0 Å². The predicted molar refractivity (Wildman–Crippen MR) is 77.6 cm³/mol. The summed E-state index contributed by atoms with van der Waals surface area (Å²) >= 11 is 0. The number of hydrogen-bond donors (Lipinski definition) is 1. The number of hydrogen-bond acceptors (Lipinski definition) is 2. The third kappa shape index (κ3) is 2.60. The van der Waals surface area contributed by atoms with Crippen molar-refractivity contribution in [2.75, 3.05) is 25.5 Å². The average Bonchev–Trinajstić information content (AvgIpc) is 3.07. The zero-order valence-corrected chi connectivity index (χ0v) is 11.6. The maximum Gasteiger partial charge on any atom is 0.253 e. The molecule has 1 heterocycles. The van der Waals surface area contributed by atoms with E-state index >= 15 is 0 Å². The predicted octanol–water partition coefficient (Wildman–Crippen LogP) is 2.92. The number of fused-ring (bicyclic) bond motifs is 1. The van der Waals surface area contributed by atoms with Crippen LogP contribution in [0.25, 0.3) is 0 Å². The highest BCUT2D eigenvalue weighted by Crippen LogP contribution is 2.26. The van der Waals surface area contributed by atoms with Gasteiger partial charge in [0.15, 0.2) is 0 Å². The molecule has 1 N–H and O–H groups in total. The molecule has 0 aromatic heterocycles. The minimum Gasteiger partial charge on any atom is -0.384 e. The number of carbonyl (C=O) groups excluding carboxylic acids is 1. The lowest BCUT2D eigenvalue weighted by Gasteiger charge is -2.21. The molecule has 3 nitrogen and oxygen atoms in total. The van der Waals surface area contributed by atoms with E-state index in [4.69, 9.17) is 0 Å². The number of nitrogens with zero attached hydrogens (tertiary/aromatic N) is 1. The van der Waals surface area contributed by atoms with E-state index in [1.807, 2.05) is 24.1 Å². The molecular formula is C16H22N2O. The van der Waals surface area contributed by atoms with E-state index in [0.29, 0.717) is 5.92 Å². The second kappa shape index (κ2) is 5.24. The van der Waals surface area contributed by atoms with Crippen LogP contribution in [0.2, 0.25) is 0 Å². The fraction of sp³-hybridized carbons (Fsp3) is 0.562. The molecule has 0 unspecified atom stereocenters. The largest absolute Gasteiger partial charge is 0.384 e. The fourth-order valence-corrected chi connectivity index (χ4v) is 3.32. The topological polar surface area (TPSA) is 32.3 Å². The third-order valence-corrected chi connectivity index (χ3v) is 4.42. The van der Waals surface area contributed by atoms with E-state index in [9.17, 15) is 4.79 Å². The Morgan fingerprint density at radius 2 is 2.16 bits per heavy atom. The van der Waals surface area contributed by atoms with E-state index in [2.05, 4.69) is 11.4 Å². The van der Waals surface area contributed by atoms with Crippen molar-refractivity contribution >= 4 is 11.6 Å². The molecule has 3 heteroatoms. The molecule has 0 saturated heterocycles. The average molecular weight is 258 g/mol. The van der Waals surface area contributed by atoms with Gasteiger partial charge in [0, 0.05) is 31.4 Å². The van der Waals surface area contributed by atoms with Gasteiger partial charge in [-0.2, -0.15) is 0 Å². The smallest absolute Gasteiger partial charge is 0.253 e. The Morgan fingerprint density at radius 3 is 2.95 bits per heavy atom. The van der Waals surface area contributed by atoms with E-state index in [1.54, 1.807) is 0 Å². The van der Waals surface area contributed by atoms with Gasteiger partial charge >= 0.3 is 0 Å². The van der Waals surface area contributed by atoms with Crippen molar-refractivity contribution in [1.29, 1.82) is 0 Å². The summed E-state index contributed by atoms with van der Waals surface area (Å²) in [6, 6.07) is 6.05. The van der Waals surface area contributed by atoms with Crippen LogP contribution in [0.4, 0.5) is 5.69 Å². The van der Waals surface area contributed by atoms with Crippen LogP contribution in [0.1, 0.15) is 41.6 Å². The molecule has 1 aliphatic carbocycles. The minimum absolute atomic E-state index is 0.168. The summed E-state index contributed by atoms with van der Waals surface area (Å²) in [5.74, 6) is 0.881. The molecule has 1 amide bonds. The number of anilines is 1. The summed E-state index contributed by atoms with van der Waals surface area (Å²) in [6.07, 6.45) is 6.26. The Hall–Kier alpha value is -1.51. The summed E-state index contributed by atoms with van der Waals surface area (Å²) in [6.45, 7) is 1.90. The fourth-order valence-electron chi connectivity index (χ4n) is 3.32. The first kappa shape index (κ1) is 12.5. The first-order valence-corrected chi connectivity index (χ1v) is 7.36. The van der Waals surface area contributed by atoms with Crippen LogP contribution in [0.3, 0.4) is 0 Å². The van der Waals surface area contributed by atoms with Crippen molar-refractivity contribution in [2.24, 2.45) is 5.92 Å². The lowest BCUT2D eigenvalue weighted by atomic mass is 10.1. The maximum absolute atomic E-state index is 12.4. The first-order chi connectivity index (χ1) is 9.24. The van der Waals surface area contributed by atoms with Gasteiger partial charge in [-0.3, -0.25) is 4.79 Å². The van der Waals surface area contributed by atoms with Crippen LogP contribution in [-0.4, -0.2) is 30.9 Å². The van der Waals surface area contributed by atoms with Gasteiger partial charge in [0.25, 0.3) is 5.91 Å². The van der Waals surface area contributed by atoms with Gasteiger partial charge < -0.3 is 10.2 Å². The second-order valence-electron chi connectivity index (χ2n) is 5.88.